The second kappa shape index (κ2) is 10.1. The van der Waals surface area contributed by atoms with Crippen LogP contribution in [0.25, 0.3) is 0 Å². The van der Waals surface area contributed by atoms with Gasteiger partial charge < -0.3 is 20.1 Å². The first-order valence-electron chi connectivity index (χ1n) is 10.6. The average molecular weight is 428 g/mol. The Hall–Kier alpha value is -2.31. The number of rotatable bonds is 7. The lowest BCUT2D eigenvalue weighted by Gasteiger charge is -2.41. The van der Waals surface area contributed by atoms with Crippen LogP contribution in [0, 0.1) is 6.92 Å². The summed E-state index contributed by atoms with van der Waals surface area (Å²) >= 11 is 5.49. The Morgan fingerprint density at radius 3 is 2.57 bits per heavy atom. The van der Waals surface area contributed by atoms with E-state index in [4.69, 9.17) is 21.7 Å². The number of methoxy groups -OCH3 is 2. The third-order valence-electron chi connectivity index (χ3n) is 5.83. The minimum Gasteiger partial charge on any atom is -0.493 e. The van der Waals surface area contributed by atoms with Crippen LogP contribution >= 0.6 is 12.2 Å². The summed E-state index contributed by atoms with van der Waals surface area (Å²) in [7, 11) is 3.38. The summed E-state index contributed by atoms with van der Waals surface area (Å²) in [4.78, 5) is 2.54. The summed E-state index contributed by atoms with van der Waals surface area (Å²) in [6.07, 6.45) is 0.975. The van der Waals surface area contributed by atoms with E-state index >= 15 is 0 Å². The molecule has 1 aliphatic heterocycles. The lowest BCUT2D eigenvalue weighted by atomic mass is 9.87. The predicted molar refractivity (Wildman–Crippen MR) is 126 cm³/mol. The summed E-state index contributed by atoms with van der Waals surface area (Å²) in [5.74, 6) is 1.55. The highest BCUT2D eigenvalue weighted by Gasteiger charge is 2.33. The van der Waals surface area contributed by atoms with Crippen LogP contribution in [-0.4, -0.2) is 43.4 Å². The van der Waals surface area contributed by atoms with Gasteiger partial charge in [-0.1, -0.05) is 24.3 Å². The number of hydrogen-bond acceptors (Lipinski definition) is 4. The highest BCUT2D eigenvalue weighted by molar-refractivity contribution is 7.80. The van der Waals surface area contributed by atoms with E-state index in [-0.39, 0.29) is 12.1 Å². The zero-order chi connectivity index (χ0) is 21.7. The van der Waals surface area contributed by atoms with Gasteiger partial charge in [-0.2, -0.15) is 0 Å². The molecule has 2 aromatic carbocycles. The van der Waals surface area contributed by atoms with Gasteiger partial charge >= 0.3 is 0 Å². The first-order chi connectivity index (χ1) is 14.5. The van der Waals surface area contributed by atoms with E-state index < -0.39 is 0 Å². The molecule has 6 heteroatoms. The molecule has 1 aliphatic rings. The molecule has 0 bridgehead atoms. The summed E-state index contributed by atoms with van der Waals surface area (Å²) in [5, 5.41) is 7.39. The fourth-order valence-corrected chi connectivity index (χ4v) is 4.63. The zero-order valence-electron chi connectivity index (χ0n) is 18.6. The van der Waals surface area contributed by atoms with Crippen molar-refractivity contribution in [1.82, 2.24) is 15.5 Å². The largest absolute Gasteiger partial charge is 0.493 e. The molecular formula is C24H33N3O2S. The first kappa shape index (κ1) is 22.4. The molecule has 0 fully saturated rings. The number of nitrogens with one attached hydrogen (secondary N) is 2. The van der Waals surface area contributed by atoms with Crippen LogP contribution in [-0.2, 0) is 13.0 Å². The van der Waals surface area contributed by atoms with Crippen molar-refractivity contribution in [3.8, 4) is 11.5 Å². The van der Waals surface area contributed by atoms with Crippen molar-refractivity contribution in [2.24, 2.45) is 0 Å². The van der Waals surface area contributed by atoms with Gasteiger partial charge in [-0.25, -0.2) is 0 Å². The Morgan fingerprint density at radius 1 is 1.20 bits per heavy atom. The fraction of sp³-hybridized carbons (Fsp3) is 0.458. The molecule has 0 aromatic heterocycles. The second-order valence-corrected chi connectivity index (χ2v) is 8.20. The number of nitrogens with zero attached hydrogens (tertiary/aromatic N) is 1. The van der Waals surface area contributed by atoms with E-state index in [1.807, 2.05) is 0 Å². The van der Waals surface area contributed by atoms with Crippen molar-refractivity contribution < 1.29 is 9.47 Å². The van der Waals surface area contributed by atoms with Crippen molar-refractivity contribution in [2.45, 2.75) is 45.8 Å². The Bertz CT molecular complexity index is 887. The summed E-state index contributed by atoms with van der Waals surface area (Å²) in [5.41, 5.74) is 5.25. The Labute approximate surface area is 185 Å². The quantitative estimate of drug-likeness (QED) is 0.652. The molecule has 0 amide bonds. The van der Waals surface area contributed by atoms with Crippen LogP contribution in [0.2, 0.25) is 0 Å². The van der Waals surface area contributed by atoms with Crippen molar-refractivity contribution in [3.05, 3.63) is 58.7 Å². The zero-order valence-corrected chi connectivity index (χ0v) is 19.4. The molecule has 0 radical (unpaired) electrons. The molecule has 0 unspecified atom stereocenters. The number of ether oxygens (including phenoxy) is 2. The predicted octanol–water partition coefficient (Wildman–Crippen LogP) is 3.98. The molecule has 0 aliphatic carbocycles. The lowest BCUT2D eigenvalue weighted by Crippen LogP contribution is -2.49. The molecular weight excluding hydrogens is 394 g/mol. The number of fused-ring (bicyclic) bond motifs is 1. The van der Waals surface area contributed by atoms with Crippen molar-refractivity contribution in [1.29, 1.82) is 0 Å². The maximum Gasteiger partial charge on any atom is 0.166 e. The van der Waals surface area contributed by atoms with E-state index in [2.05, 4.69) is 72.7 Å². The molecule has 3 rings (SSSR count). The molecule has 5 nitrogen and oxygen atoms in total. The molecule has 30 heavy (non-hydrogen) atoms. The second-order valence-electron chi connectivity index (χ2n) is 7.79. The minimum absolute atomic E-state index is 0.123. The summed E-state index contributed by atoms with van der Waals surface area (Å²) < 4.78 is 11.2. The highest BCUT2D eigenvalue weighted by atomic mass is 32.1. The SMILES string of the molecule is CCNC(=S)N[C@@H](C)[C@@H]1c2cc(OC)c(OC)cc2CCN1Cc1ccccc1C. The van der Waals surface area contributed by atoms with E-state index in [0.717, 1.165) is 37.6 Å². The summed E-state index contributed by atoms with van der Waals surface area (Å²) in [6, 6.07) is 13.2. The fourth-order valence-electron chi connectivity index (χ4n) is 4.30. The van der Waals surface area contributed by atoms with Gasteiger partial charge in [0, 0.05) is 25.7 Å². The van der Waals surface area contributed by atoms with Crippen molar-refractivity contribution >= 4 is 17.3 Å². The van der Waals surface area contributed by atoms with Gasteiger partial charge in [-0.15, -0.1) is 0 Å². The third-order valence-corrected chi connectivity index (χ3v) is 6.09. The van der Waals surface area contributed by atoms with Gasteiger partial charge in [0.1, 0.15) is 0 Å². The smallest absolute Gasteiger partial charge is 0.166 e. The average Bonchev–Trinajstić information content (AvgIpc) is 2.74. The molecule has 2 atom stereocenters. The lowest BCUT2D eigenvalue weighted by molar-refractivity contribution is 0.149. The Balaban J connectivity index is 1.99. The molecule has 0 saturated heterocycles. The van der Waals surface area contributed by atoms with Crippen LogP contribution in [0.1, 0.15) is 42.1 Å². The standard InChI is InChI=1S/C24H33N3O2S/c1-6-25-24(30)26-17(3)23-20-14-22(29-5)21(28-4)13-18(20)11-12-27(23)15-19-10-8-7-9-16(19)2/h7-10,13-14,17,23H,6,11-12,15H2,1-5H3,(H2,25,26,30)/t17-,23+/m0/s1. The van der Waals surface area contributed by atoms with Crippen LogP contribution in [0.15, 0.2) is 36.4 Å². The van der Waals surface area contributed by atoms with Gasteiger partial charge in [0.2, 0.25) is 0 Å². The normalized spacial score (nSPS) is 17.0. The number of aryl methyl sites for hydroxylation is 1. The Morgan fingerprint density at radius 2 is 1.90 bits per heavy atom. The van der Waals surface area contributed by atoms with Crippen LogP contribution < -0.4 is 20.1 Å². The number of benzene rings is 2. The van der Waals surface area contributed by atoms with Crippen LogP contribution in [0.3, 0.4) is 0 Å². The van der Waals surface area contributed by atoms with E-state index in [9.17, 15) is 0 Å². The highest BCUT2D eigenvalue weighted by Crippen LogP contribution is 2.40. The molecule has 0 spiro atoms. The monoisotopic (exact) mass is 427 g/mol. The maximum absolute atomic E-state index is 5.62. The topological polar surface area (TPSA) is 45.8 Å². The number of thiocarbonyl (C=S) groups is 1. The van der Waals surface area contributed by atoms with Gasteiger partial charge in [0.05, 0.1) is 20.3 Å². The molecule has 0 saturated carbocycles. The van der Waals surface area contributed by atoms with Crippen molar-refractivity contribution in [2.75, 3.05) is 27.3 Å². The van der Waals surface area contributed by atoms with E-state index in [1.165, 1.54) is 22.3 Å². The van der Waals surface area contributed by atoms with Crippen LogP contribution in [0.5, 0.6) is 11.5 Å². The van der Waals surface area contributed by atoms with E-state index in [0.29, 0.717) is 5.11 Å². The van der Waals surface area contributed by atoms with Crippen LogP contribution in [0.4, 0.5) is 0 Å². The minimum atomic E-state index is 0.123. The van der Waals surface area contributed by atoms with Gasteiger partial charge in [0.25, 0.3) is 0 Å². The Kier molecular flexibility index (Phi) is 7.56. The first-order valence-corrected chi connectivity index (χ1v) is 11.0. The molecule has 2 N–H and O–H groups in total. The van der Waals surface area contributed by atoms with Crippen molar-refractivity contribution in [3.63, 3.8) is 0 Å². The third kappa shape index (κ3) is 4.87. The van der Waals surface area contributed by atoms with Gasteiger partial charge in [-0.05, 0) is 73.8 Å². The van der Waals surface area contributed by atoms with E-state index in [1.54, 1.807) is 14.2 Å². The summed E-state index contributed by atoms with van der Waals surface area (Å²) in [6.45, 7) is 9.10. The molecule has 162 valence electrons. The molecule has 1 heterocycles. The molecule has 2 aromatic rings. The van der Waals surface area contributed by atoms with Gasteiger partial charge in [-0.3, -0.25) is 4.90 Å². The number of hydrogen-bond donors (Lipinski definition) is 2. The maximum atomic E-state index is 5.62. The van der Waals surface area contributed by atoms with Gasteiger partial charge in [0.15, 0.2) is 16.6 Å².